The maximum Gasteiger partial charge on any atom is 0.232 e. The summed E-state index contributed by atoms with van der Waals surface area (Å²) in [4.78, 5) is 12.2. The van der Waals surface area contributed by atoms with Crippen molar-refractivity contribution in [2.24, 2.45) is 0 Å². The van der Waals surface area contributed by atoms with Crippen molar-refractivity contribution in [2.75, 3.05) is 0 Å². The monoisotopic (exact) mass is 316 g/mol. The molecule has 3 nitrogen and oxygen atoms in total. The molecule has 0 radical (unpaired) electrons. The molecule has 0 bridgehead atoms. The first-order chi connectivity index (χ1) is 9.13. The zero-order valence-corrected chi connectivity index (χ0v) is 11.3. The molecule has 0 unspecified atom stereocenters. The number of aromatic hydroxyl groups is 1. The van der Waals surface area contributed by atoms with Crippen LogP contribution in [0.25, 0.3) is 6.08 Å². The predicted molar refractivity (Wildman–Crippen MR) is 75.2 cm³/mol. The molecule has 1 heterocycles. The van der Waals surface area contributed by atoms with Crippen LogP contribution in [0.3, 0.4) is 0 Å². The summed E-state index contributed by atoms with van der Waals surface area (Å²) >= 11 is 3.33. The van der Waals surface area contributed by atoms with Crippen LogP contribution in [-0.4, -0.2) is 10.9 Å². The van der Waals surface area contributed by atoms with Crippen LogP contribution in [0.15, 0.2) is 52.7 Å². The third-order valence-electron chi connectivity index (χ3n) is 2.80. The number of allylic oxidation sites excluding steroid dienone is 1. The van der Waals surface area contributed by atoms with Gasteiger partial charge in [-0.1, -0.05) is 28.1 Å². The van der Waals surface area contributed by atoms with Crippen molar-refractivity contribution < 1.29 is 14.6 Å². The summed E-state index contributed by atoms with van der Waals surface area (Å²) in [6.45, 7) is 0. The third-order valence-corrected chi connectivity index (χ3v) is 3.29. The summed E-state index contributed by atoms with van der Waals surface area (Å²) in [7, 11) is 0. The van der Waals surface area contributed by atoms with E-state index in [1.165, 1.54) is 0 Å². The summed E-state index contributed by atoms with van der Waals surface area (Å²) in [6.07, 6.45) is 1.62. The second-order valence-corrected chi connectivity index (χ2v) is 5.09. The third kappa shape index (κ3) is 2.27. The first-order valence-corrected chi connectivity index (χ1v) is 6.45. The molecule has 2 aromatic rings. The number of ketones is 1. The van der Waals surface area contributed by atoms with E-state index in [-0.39, 0.29) is 17.3 Å². The van der Waals surface area contributed by atoms with E-state index < -0.39 is 0 Å². The molecule has 4 heteroatoms. The predicted octanol–water partition coefficient (Wildman–Crippen LogP) is 3.77. The number of rotatable bonds is 1. The Bertz CT molecular complexity index is 704. The molecule has 2 aromatic carbocycles. The van der Waals surface area contributed by atoms with Gasteiger partial charge in [-0.3, -0.25) is 4.79 Å². The Morgan fingerprint density at radius 2 is 2.00 bits per heavy atom. The molecule has 0 saturated carbocycles. The smallest absolute Gasteiger partial charge is 0.232 e. The minimum absolute atomic E-state index is 0.153. The Hall–Kier alpha value is -2.07. The van der Waals surface area contributed by atoms with E-state index in [2.05, 4.69) is 15.9 Å². The van der Waals surface area contributed by atoms with Crippen molar-refractivity contribution in [3.05, 3.63) is 63.8 Å². The van der Waals surface area contributed by atoms with E-state index in [1.54, 1.807) is 42.5 Å². The van der Waals surface area contributed by atoms with Crippen molar-refractivity contribution in [1.82, 2.24) is 0 Å². The fourth-order valence-electron chi connectivity index (χ4n) is 1.93. The first kappa shape index (κ1) is 12.0. The fourth-order valence-corrected chi connectivity index (χ4v) is 2.29. The lowest BCUT2D eigenvalue weighted by molar-refractivity contribution is 0.101. The molecule has 0 aromatic heterocycles. The van der Waals surface area contributed by atoms with Crippen LogP contribution in [0.4, 0.5) is 0 Å². The number of halogens is 1. The lowest BCUT2D eigenvalue weighted by Crippen LogP contribution is -1.97. The zero-order valence-electron chi connectivity index (χ0n) is 9.76. The summed E-state index contributed by atoms with van der Waals surface area (Å²) < 4.78 is 6.36. The van der Waals surface area contributed by atoms with Crippen LogP contribution in [0.5, 0.6) is 11.5 Å². The van der Waals surface area contributed by atoms with Gasteiger partial charge in [0.25, 0.3) is 0 Å². The lowest BCUT2D eigenvalue weighted by Gasteiger charge is -1.99. The maximum absolute atomic E-state index is 12.2. The first-order valence-electron chi connectivity index (χ1n) is 5.66. The van der Waals surface area contributed by atoms with Crippen LogP contribution < -0.4 is 4.74 Å². The maximum atomic E-state index is 12.2. The topological polar surface area (TPSA) is 46.5 Å². The number of phenols is 1. The standard InChI is InChI=1S/C15H9BrO3/c16-10-4-5-13-12(8-10)15(18)14(19-13)7-9-2-1-3-11(17)6-9/h1-8,17H/b14-7-. The largest absolute Gasteiger partial charge is 0.508 e. The van der Waals surface area contributed by atoms with Crippen molar-refractivity contribution in [1.29, 1.82) is 0 Å². The van der Waals surface area contributed by atoms with Gasteiger partial charge >= 0.3 is 0 Å². The average molecular weight is 317 g/mol. The minimum atomic E-state index is -0.153. The SMILES string of the molecule is O=C1/C(=C/c2cccc(O)c2)Oc2ccc(Br)cc21. The molecule has 0 saturated heterocycles. The van der Waals surface area contributed by atoms with E-state index in [4.69, 9.17) is 4.74 Å². The van der Waals surface area contributed by atoms with E-state index in [1.807, 2.05) is 6.07 Å². The zero-order chi connectivity index (χ0) is 13.4. The van der Waals surface area contributed by atoms with Gasteiger partial charge in [0, 0.05) is 4.47 Å². The van der Waals surface area contributed by atoms with Gasteiger partial charge in [-0.15, -0.1) is 0 Å². The molecule has 0 atom stereocenters. The molecular formula is C15H9BrO3. The van der Waals surface area contributed by atoms with Gasteiger partial charge in [0.05, 0.1) is 5.56 Å². The average Bonchev–Trinajstić information content (AvgIpc) is 2.67. The van der Waals surface area contributed by atoms with Crippen LogP contribution >= 0.6 is 15.9 Å². The number of benzene rings is 2. The number of hydrogen-bond acceptors (Lipinski definition) is 3. The van der Waals surface area contributed by atoms with Gasteiger partial charge in [-0.2, -0.15) is 0 Å². The summed E-state index contributed by atoms with van der Waals surface area (Å²) in [5.74, 6) is 0.818. The van der Waals surface area contributed by atoms with Crippen LogP contribution in [0, 0.1) is 0 Å². The molecule has 1 N–H and O–H groups in total. The normalized spacial score (nSPS) is 15.4. The number of ether oxygens (including phenoxy) is 1. The summed E-state index contributed by atoms with van der Waals surface area (Å²) in [6, 6.07) is 12.0. The molecule has 94 valence electrons. The highest BCUT2D eigenvalue weighted by Gasteiger charge is 2.27. The van der Waals surface area contributed by atoms with Crippen LogP contribution in [0.1, 0.15) is 15.9 Å². The Kier molecular flexibility index (Phi) is 2.87. The summed E-state index contributed by atoms with van der Waals surface area (Å²) in [5.41, 5.74) is 1.26. The van der Waals surface area contributed by atoms with Gasteiger partial charge in [0.1, 0.15) is 11.5 Å². The van der Waals surface area contributed by atoms with Crippen molar-refractivity contribution >= 4 is 27.8 Å². The second-order valence-electron chi connectivity index (χ2n) is 4.18. The molecule has 0 spiro atoms. The van der Waals surface area contributed by atoms with E-state index in [0.717, 1.165) is 10.0 Å². The van der Waals surface area contributed by atoms with Gasteiger partial charge in [0.15, 0.2) is 5.76 Å². The van der Waals surface area contributed by atoms with Crippen molar-refractivity contribution in [2.45, 2.75) is 0 Å². The Labute approximate surface area is 118 Å². The minimum Gasteiger partial charge on any atom is -0.508 e. The lowest BCUT2D eigenvalue weighted by atomic mass is 10.1. The molecule has 1 aliphatic heterocycles. The number of fused-ring (bicyclic) bond motifs is 1. The number of hydrogen-bond donors (Lipinski definition) is 1. The highest BCUT2D eigenvalue weighted by molar-refractivity contribution is 9.10. The molecule has 1 aliphatic rings. The second kappa shape index (κ2) is 4.55. The summed E-state index contributed by atoms with van der Waals surface area (Å²) in [5, 5.41) is 9.40. The molecule has 0 aliphatic carbocycles. The quantitative estimate of drug-likeness (QED) is 0.815. The Morgan fingerprint density at radius 3 is 2.79 bits per heavy atom. The van der Waals surface area contributed by atoms with Gasteiger partial charge in [-0.05, 0) is 42.0 Å². The van der Waals surface area contributed by atoms with E-state index in [0.29, 0.717) is 11.3 Å². The van der Waals surface area contributed by atoms with Gasteiger partial charge < -0.3 is 9.84 Å². The number of Topliss-reactive ketones (excluding diaryl/α,β-unsaturated/α-hetero) is 1. The molecule has 0 amide bonds. The molecule has 19 heavy (non-hydrogen) atoms. The van der Waals surface area contributed by atoms with Gasteiger partial charge in [0.2, 0.25) is 5.78 Å². The van der Waals surface area contributed by atoms with Crippen LogP contribution in [0.2, 0.25) is 0 Å². The molecular weight excluding hydrogens is 308 g/mol. The number of phenolic OH excluding ortho intramolecular Hbond substituents is 1. The number of carbonyl (C=O) groups excluding carboxylic acids is 1. The highest BCUT2D eigenvalue weighted by atomic mass is 79.9. The van der Waals surface area contributed by atoms with Crippen molar-refractivity contribution in [3.63, 3.8) is 0 Å². The van der Waals surface area contributed by atoms with Gasteiger partial charge in [-0.25, -0.2) is 0 Å². The van der Waals surface area contributed by atoms with Crippen molar-refractivity contribution in [3.8, 4) is 11.5 Å². The Morgan fingerprint density at radius 1 is 1.16 bits per heavy atom. The Balaban J connectivity index is 2.00. The number of carbonyl (C=O) groups is 1. The van der Waals surface area contributed by atoms with Crippen LogP contribution in [-0.2, 0) is 0 Å². The molecule has 0 fully saturated rings. The van der Waals surface area contributed by atoms with E-state index >= 15 is 0 Å². The fraction of sp³-hybridized carbons (Fsp3) is 0. The highest BCUT2D eigenvalue weighted by Crippen LogP contribution is 2.33. The molecule has 3 rings (SSSR count). The van der Waals surface area contributed by atoms with E-state index in [9.17, 15) is 9.90 Å².